The van der Waals surface area contributed by atoms with Crippen molar-refractivity contribution in [1.82, 2.24) is 0 Å². The third-order valence-corrected chi connectivity index (χ3v) is 3.00. The molecule has 0 aliphatic carbocycles. The van der Waals surface area contributed by atoms with E-state index < -0.39 is 12.0 Å². The fourth-order valence-corrected chi connectivity index (χ4v) is 1.79. The molecule has 4 heteroatoms. The first kappa shape index (κ1) is 12.8. The molecule has 2 N–H and O–H groups in total. The van der Waals surface area contributed by atoms with E-state index in [1.807, 2.05) is 18.2 Å². The predicted molar refractivity (Wildman–Crippen MR) is 74.2 cm³/mol. The van der Waals surface area contributed by atoms with Crippen LogP contribution in [0.2, 0.25) is 0 Å². The number of amides is 1. The molecular weight excluding hydrogens is 294 g/mol. The van der Waals surface area contributed by atoms with Crippen LogP contribution in [0.3, 0.4) is 0 Å². The van der Waals surface area contributed by atoms with E-state index in [2.05, 4.69) is 21.2 Å². The van der Waals surface area contributed by atoms with E-state index in [9.17, 15) is 9.90 Å². The molecule has 0 radical (unpaired) electrons. The van der Waals surface area contributed by atoms with Crippen LogP contribution in [0.15, 0.2) is 59.1 Å². The minimum atomic E-state index is -1.17. The summed E-state index contributed by atoms with van der Waals surface area (Å²) in [6.45, 7) is 0. The molecule has 1 atom stereocenters. The van der Waals surface area contributed by atoms with Gasteiger partial charge in [0.1, 0.15) is 0 Å². The number of carbonyl (C=O) groups excluding carboxylic acids is 1. The van der Waals surface area contributed by atoms with Crippen molar-refractivity contribution in [3.63, 3.8) is 0 Å². The monoisotopic (exact) mass is 305 g/mol. The number of benzene rings is 2. The summed E-state index contributed by atoms with van der Waals surface area (Å²) in [5.74, 6) is -0.441. The Morgan fingerprint density at radius 2 is 1.67 bits per heavy atom. The van der Waals surface area contributed by atoms with Gasteiger partial charge >= 0.3 is 0 Å². The van der Waals surface area contributed by atoms with Crippen LogP contribution >= 0.6 is 15.9 Å². The third kappa shape index (κ3) is 3.18. The number of hydrogen-bond donors (Lipinski definition) is 2. The van der Waals surface area contributed by atoms with Crippen molar-refractivity contribution >= 4 is 27.5 Å². The fourth-order valence-electron chi connectivity index (χ4n) is 1.53. The number of carbonyl (C=O) groups is 1. The Bertz CT molecular complexity index is 525. The molecule has 18 heavy (non-hydrogen) atoms. The Labute approximate surface area is 114 Å². The maximum atomic E-state index is 11.8. The van der Waals surface area contributed by atoms with Gasteiger partial charge < -0.3 is 10.4 Å². The first-order chi connectivity index (χ1) is 8.66. The number of hydrogen-bond acceptors (Lipinski definition) is 2. The Hall–Kier alpha value is -1.65. The summed E-state index contributed by atoms with van der Waals surface area (Å²) in [5, 5.41) is 12.6. The number of rotatable bonds is 3. The fraction of sp³-hybridized carbons (Fsp3) is 0.0714. The van der Waals surface area contributed by atoms with Gasteiger partial charge in [0.2, 0.25) is 0 Å². The van der Waals surface area contributed by atoms with Crippen LogP contribution in [-0.2, 0) is 4.79 Å². The molecule has 0 aliphatic rings. The largest absolute Gasteiger partial charge is 0.378 e. The van der Waals surface area contributed by atoms with Gasteiger partial charge in [-0.25, -0.2) is 0 Å². The van der Waals surface area contributed by atoms with E-state index in [1.54, 1.807) is 36.4 Å². The topological polar surface area (TPSA) is 49.3 Å². The maximum absolute atomic E-state index is 11.8. The maximum Gasteiger partial charge on any atom is 0.257 e. The van der Waals surface area contributed by atoms with Crippen LogP contribution in [-0.4, -0.2) is 11.0 Å². The zero-order valence-electron chi connectivity index (χ0n) is 9.51. The van der Waals surface area contributed by atoms with E-state index in [-0.39, 0.29) is 0 Å². The van der Waals surface area contributed by atoms with Crippen molar-refractivity contribution in [1.29, 1.82) is 0 Å². The van der Waals surface area contributed by atoms with Crippen LogP contribution in [0.1, 0.15) is 11.7 Å². The number of halogens is 1. The molecule has 2 aromatic rings. The van der Waals surface area contributed by atoms with Crippen LogP contribution in [0.4, 0.5) is 5.69 Å². The van der Waals surface area contributed by atoms with Crippen LogP contribution in [0.5, 0.6) is 0 Å². The molecule has 2 rings (SSSR count). The van der Waals surface area contributed by atoms with Crippen LogP contribution in [0.25, 0.3) is 0 Å². The molecule has 0 aromatic heterocycles. The number of nitrogens with one attached hydrogen (secondary N) is 1. The van der Waals surface area contributed by atoms with Crippen molar-refractivity contribution in [3.05, 3.63) is 64.6 Å². The quantitative estimate of drug-likeness (QED) is 0.915. The third-order valence-electron chi connectivity index (χ3n) is 2.48. The Balaban J connectivity index is 2.07. The summed E-state index contributed by atoms with van der Waals surface area (Å²) in [5.41, 5.74) is 1.23. The average molecular weight is 306 g/mol. The zero-order chi connectivity index (χ0) is 13.0. The van der Waals surface area contributed by atoms with Gasteiger partial charge in [0.15, 0.2) is 6.10 Å². The van der Waals surface area contributed by atoms with E-state index in [4.69, 9.17) is 0 Å². The second kappa shape index (κ2) is 5.80. The Morgan fingerprint density at radius 3 is 2.28 bits per heavy atom. The molecule has 0 saturated heterocycles. The molecule has 0 heterocycles. The first-order valence-corrected chi connectivity index (χ1v) is 6.25. The first-order valence-electron chi connectivity index (χ1n) is 5.46. The number of para-hydroxylation sites is 1. The Morgan fingerprint density at radius 1 is 1.06 bits per heavy atom. The molecule has 0 unspecified atom stereocenters. The van der Waals surface area contributed by atoms with E-state index >= 15 is 0 Å². The highest BCUT2D eigenvalue weighted by atomic mass is 79.9. The smallest absolute Gasteiger partial charge is 0.257 e. The highest BCUT2D eigenvalue weighted by molar-refractivity contribution is 9.10. The van der Waals surface area contributed by atoms with Gasteiger partial charge in [-0.15, -0.1) is 0 Å². The lowest BCUT2D eigenvalue weighted by molar-refractivity contribution is -0.124. The lowest BCUT2D eigenvalue weighted by Gasteiger charge is -2.11. The number of aliphatic hydroxyl groups is 1. The Kier molecular flexibility index (Phi) is 4.12. The molecule has 1 amide bonds. The number of aliphatic hydroxyl groups excluding tert-OH is 1. The van der Waals surface area contributed by atoms with Gasteiger partial charge in [0.25, 0.3) is 5.91 Å². The van der Waals surface area contributed by atoms with Crippen molar-refractivity contribution in [2.24, 2.45) is 0 Å². The summed E-state index contributed by atoms with van der Waals surface area (Å²) in [4.78, 5) is 11.8. The van der Waals surface area contributed by atoms with Crippen molar-refractivity contribution in [2.75, 3.05) is 5.32 Å². The van der Waals surface area contributed by atoms with Gasteiger partial charge in [0.05, 0.1) is 0 Å². The van der Waals surface area contributed by atoms with Gasteiger partial charge in [-0.2, -0.15) is 0 Å². The van der Waals surface area contributed by atoms with Crippen LogP contribution < -0.4 is 5.32 Å². The molecule has 0 bridgehead atoms. The second-order valence-electron chi connectivity index (χ2n) is 3.81. The summed E-state index contributed by atoms with van der Waals surface area (Å²) >= 11 is 3.30. The molecular formula is C14H12BrNO2. The van der Waals surface area contributed by atoms with Gasteiger partial charge in [-0.3, -0.25) is 4.79 Å². The van der Waals surface area contributed by atoms with E-state index in [0.29, 0.717) is 11.3 Å². The summed E-state index contributed by atoms with van der Waals surface area (Å²) in [6.07, 6.45) is -1.17. The van der Waals surface area contributed by atoms with Crippen LogP contribution in [0, 0.1) is 0 Å². The lowest BCUT2D eigenvalue weighted by atomic mass is 10.1. The van der Waals surface area contributed by atoms with Crippen molar-refractivity contribution in [2.45, 2.75) is 6.10 Å². The molecule has 92 valence electrons. The van der Waals surface area contributed by atoms with Gasteiger partial charge in [-0.05, 0) is 29.8 Å². The molecule has 3 nitrogen and oxygen atoms in total. The zero-order valence-corrected chi connectivity index (χ0v) is 11.1. The predicted octanol–water partition coefficient (Wildman–Crippen LogP) is 3.12. The molecule has 0 spiro atoms. The number of anilines is 1. The summed E-state index contributed by atoms with van der Waals surface area (Å²) in [6, 6.07) is 16.0. The summed E-state index contributed by atoms with van der Waals surface area (Å²) in [7, 11) is 0. The lowest BCUT2D eigenvalue weighted by Crippen LogP contribution is -2.20. The van der Waals surface area contributed by atoms with Gasteiger partial charge in [0, 0.05) is 10.2 Å². The highest BCUT2D eigenvalue weighted by Crippen LogP contribution is 2.18. The molecule has 0 fully saturated rings. The van der Waals surface area contributed by atoms with Gasteiger partial charge in [-0.1, -0.05) is 46.3 Å². The van der Waals surface area contributed by atoms with E-state index in [0.717, 1.165) is 4.47 Å². The second-order valence-corrected chi connectivity index (χ2v) is 4.73. The molecule has 2 aromatic carbocycles. The van der Waals surface area contributed by atoms with Crippen molar-refractivity contribution in [3.8, 4) is 0 Å². The molecule has 0 aliphatic heterocycles. The highest BCUT2D eigenvalue weighted by Gasteiger charge is 2.16. The summed E-state index contributed by atoms with van der Waals surface area (Å²) < 4.78 is 0.905. The standard InChI is InChI=1S/C14H12BrNO2/c15-11-8-6-10(7-9-11)13(17)14(18)16-12-4-2-1-3-5-12/h1-9,13,17H,(H,16,18)/t13-/m1/s1. The van der Waals surface area contributed by atoms with E-state index in [1.165, 1.54) is 0 Å². The normalized spacial score (nSPS) is 11.9. The minimum absolute atomic E-state index is 0.441. The van der Waals surface area contributed by atoms with Crippen molar-refractivity contribution < 1.29 is 9.90 Å². The average Bonchev–Trinajstić information content (AvgIpc) is 2.40. The SMILES string of the molecule is O=C(Nc1ccccc1)[C@H](O)c1ccc(Br)cc1. The minimum Gasteiger partial charge on any atom is -0.378 e. The molecule has 0 saturated carbocycles.